The van der Waals surface area contributed by atoms with Gasteiger partial charge in [-0.05, 0) is 25.5 Å². The van der Waals surface area contributed by atoms with Crippen LogP contribution in [0.3, 0.4) is 0 Å². The molecule has 150 valence electrons. The van der Waals surface area contributed by atoms with E-state index in [0.717, 1.165) is 64.5 Å². The highest BCUT2D eigenvalue weighted by Crippen LogP contribution is 2.32. The second-order valence-corrected chi connectivity index (χ2v) is 8.30. The van der Waals surface area contributed by atoms with Gasteiger partial charge in [0.05, 0.1) is 22.3 Å². The van der Waals surface area contributed by atoms with Crippen molar-refractivity contribution in [2.45, 2.75) is 26.3 Å². The first kappa shape index (κ1) is 20.7. The molecule has 2 heterocycles. The third-order valence-electron chi connectivity index (χ3n) is 5.88. The first-order chi connectivity index (χ1) is 13.0. The summed E-state index contributed by atoms with van der Waals surface area (Å²) in [5, 5.41) is 1.20. The van der Waals surface area contributed by atoms with E-state index in [2.05, 4.69) is 28.5 Å². The van der Waals surface area contributed by atoms with Gasteiger partial charge in [-0.2, -0.15) is 0 Å². The molecule has 2 aliphatic heterocycles. The fourth-order valence-corrected chi connectivity index (χ4v) is 4.26. The topological polar surface area (TPSA) is 30.0 Å². The van der Waals surface area contributed by atoms with Crippen LogP contribution in [0.25, 0.3) is 0 Å². The number of carbonyl (C=O) groups excluding carboxylic acids is 1. The van der Waals surface area contributed by atoms with Crippen LogP contribution in [-0.2, 0) is 4.79 Å². The number of amides is 1. The highest BCUT2D eigenvalue weighted by molar-refractivity contribution is 6.43. The predicted molar refractivity (Wildman–Crippen MR) is 113 cm³/mol. The number of anilines is 1. The van der Waals surface area contributed by atoms with Crippen molar-refractivity contribution in [3.8, 4) is 0 Å². The van der Waals surface area contributed by atoms with E-state index in [4.69, 9.17) is 23.2 Å². The van der Waals surface area contributed by atoms with Gasteiger partial charge in [0.15, 0.2) is 0 Å². The summed E-state index contributed by atoms with van der Waals surface area (Å²) in [5.41, 5.74) is 0.983. The van der Waals surface area contributed by atoms with Crippen LogP contribution in [0, 0.1) is 0 Å². The SMILES string of the molecule is CCC(C)N1CCN(C(=O)CN2CCN(c3cccc(Cl)c3Cl)CC2)CC1. The Kier molecular flexibility index (Phi) is 7.26. The Hall–Kier alpha value is -1.01. The molecule has 1 unspecified atom stereocenters. The normalized spacial score (nSPS) is 20.7. The van der Waals surface area contributed by atoms with Crippen molar-refractivity contribution in [1.82, 2.24) is 14.7 Å². The van der Waals surface area contributed by atoms with Crippen molar-refractivity contribution < 1.29 is 4.79 Å². The molecule has 0 saturated carbocycles. The summed E-state index contributed by atoms with van der Waals surface area (Å²) in [5.74, 6) is 0.257. The molecule has 7 heteroatoms. The van der Waals surface area contributed by atoms with Gasteiger partial charge in [-0.25, -0.2) is 0 Å². The van der Waals surface area contributed by atoms with E-state index in [0.29, 0.717) is 22.6 Å². The fourth-order valence-electron chi connectivity index (χ4n) is 3.85. The van der Waals surface area contributed by atoms with E-state index in [-0.39, 0.29) is 5.91 Å². The van der Waals surface area contributed by atoms with Gasteiger partial charge in [0, 0.05) is 58.4 Å². The third-order valence-corrected chi connectivity index (χ3v) is 6.69. The average Bonchev–Trinajstić information content (AvgIpc) is 2.70. The van der Waals surface area contributed by atoms with Crippen LogP contribution >= 0.6 is 23.2 Å². The highest BCUT2D eigenvalue weighted by atomic mass is 35.5. The summed E-state index contributed by atoms with van der Waals surface area (Å²) in [6.07, 6.45) is 1.16. The number of hydrogen-bond donors (Lipinski definition) is 0. The number of benzene rings is 1. The van der Waals surface area contributed by atoms with Crippen LogP contribution in [0.5, 0.6) is 0 Å². The van der Waals surface area contributed by atoms with Crippen LogP contribution in [-0.4, -0.2) is 85.6 Å². The zero-order chi connectivity index (χ0) is 19.4. The number of rotatable bonds is 5. The van der Waals surface area contributed by atoms with Crippen LogP contribution < -0.4 is 4.90 Å². The fraction of sp³-hybridized carbons (Fsp3) is 0.650. The van der Waals surface area contributed by atoms with Crippen molar-refractivity contribution in [2.24, 2.45) is 0 Å². The molecule has 0 aromatic heterocycles. The van der Waals surface area contributed by atoms with E-state index < -0.39 is 0 Å². The molecule has 2 saturated heterocycles. The minimum Gasteiger partial charge on any atom is -0.368 e. The zero-order valence-electron chi connectivity index (χ0n) is 16.3. The lowest BCUT2D eigenvalue weighted by Crippen LogP contribution is -2.55. The smallest absolute Gasteiger partial charge is 0.236 e. The van der Waals surface area contributed by atoms with Gasteiger partial charge >= 0.3 is 0 Å². The van der Waals surface area contributed by atoms with Crippen LogP contribution in [0.4, 0.5) is 5.69 Å². The van der Waals surface area contributed by atoms with Crippen molar-refractivity contribution in [3.63, 3.8) is 0 Å². The molecule has 2 aliphatic rings. The lowest BCUT2D eigenvalue weighted by molar-refractivity contribution is -0.134. The Morgan fingerprint density at radius 2 is 1.70 bits per heavy atom. The molecule has 1 aromatic carbocycles. The van der Waals surface area contributed by atoms with Gasteiger partial charge in [0.2, 0.25) is 5.91 Å². The molecule has 1 atom stereocenters. The number of nitrogens with zero attached hydrogens (tertiary/aromatic N) is 4. The Balaban J connectivity index is 1.45. The zero-order valence-corrected chi connectivity index (χ0v) is 17.8. The first-order valence-electron chi connectivity index (χ1n) is 9.92. The van der Waals surface area contributed by atoms with Crippen molar-refractivity contribution in [2.75, 3.05) is 63.8 Å². The van der Waals surface area contributed by atoms with E-state index in [1.54, 1.807) is 0 Å². The second kappa shape index (κ2) is 9.46. The number of carbonyl (C=O) groups is 1. The summed E-state index contributed by atoms with van der Waals surface area (Å²) in [4.78, 5) is 21.7. The second-order valence-electron chi connectivity index (χ2n) is 7.51. The van der Waals surface area contributed by atoms with Gasteiger partial charge in [-0.3, -0.25) is 14.6 Å². The maximum absolute atomic E-state index is 12.7. The van der Waals surface area contributed by atoms with E-state index in [9.17, 15) is 4.79 Å². The summed E-state index contributed by atoms with van der Waals surface area (Å²) in [6, 6.07) is 6.35. The minimum absolute atomic E-state index is 0.257. The lowest BCUT2D eigenvalue weighted by Gasteiger charge is -2.40. The maximum atomic E-state index is 12.7. The quantitative estimate of drug-likeness (QED) is 0.743. The maximum Gasteiger partial charge on any atom is 0.236 e. The Bertz CT molecular complexity index is 641. The molecule has 0 spiro atoms. The van der Waals surface area contributed by atoms with Gasteiger partial charge in [0.25, 0.3) is 0 Å². The first-order valence-corrected chi connectivity index (χ1v) is 10.7. The number of hydrogen-bond acceptors (Lipinski definition) is 4. The minimum atomic E-state index is 0.257. The molecule has 0 bridgehead atoms. The van der Waals surface area contributed by atoms with Gasteiger partial charge in [0.1, 0.15) is 0 Å². The average molecular weight is 413 g/mol. The van der Waals surface area contributed by atoms with Crippen LogP contribution in [0.15, 0.2) is 18.2 Å². The van der Waals surface area contributed by atoms with Crippen LogP contribution in [0.2, 0.25) is 10.0 Å². The van der Waals surface area contributed by atoms with E-state index in [1.165, 1.54) is 0 Å². The Morgan fingerprint density at radius 1 is 1.04 bits per heavy atom. The highest BCUT2D eigenvalue weighted by Gasteiger charge is 2.26. The monoisotopic (exact) mass is 412 g/mol. The van der Waals surface area contributed by atoms with Gasteiger partial charge in [-0.1, -0.05) is 36.2 Å². The molecular weight excluding hydrogens is 383 g/mol. The number of piperazine rings is 2. The molecule has 1 aromatic rings. The van der Waals surface area contributed by atoms with Gasteiger partial charge in [-0.15, -0.1) is 0 Å². The number of halogens is 2. The largest absolute Gasteiger partial charge is 0.368 e. The molecule has 0 radical (unpaired) electrons. The molecule has 27 heavy (non-hydrogen) atoms. The molecule has 0 aliphatic carbocycles. The predicted octanol–water partition coefficient (Wildman–Crippen LogP) is 3.06. The van der Waals surface area contributed by atoms with Crippen molar-refractivity contribution in [1.29, 1.82) is 0 Å². The van der Waals surface area contributed by atoms with Crippen LogP contribution in [0.1, 0.15) is 20.3 Å². The molecule has 2 fully saturated rings. The van der Waals surface area contributed by atoms with E-state index in [1.807, 2.05) is 23.1 Å². The molecule has 1 amide bonds. The standard InChI is InChI=1S/C20H30Cl2N4O/c1-3-16(2)24-11-13-26(14-12-24)19(27)15-23-7-9-25(10-8-23)18-6-4-5-17(21)20(18)22/h4-6,16H,3,7-15H2,1-2H3. The van der Waals surface area contributed by atoms with Crippen molar-refractivity contribution in [3.05, 3.63) is 28.2 Å². The molecule has 0 N–H and O–H groups in total. The Labute approximate surface area is 172 Å². The molecule has 3 rings (SSSR count). The summed E-state index contributed by atoms with van der Waals surface area (Å²) in [6.45, 7) is 12.1. The summed E-state index contributed by atoms with van der Waals surface area (Å²) >= 11 is 12.5. The lowest BCUT2D eigenvalue weighted by atomic mass is 10.2. The molecule has 5 nitrogen and oxygen atoms in total. The Morgan fingerprint density at radius 3 is 2.33 bits per heavy atom. The third kappa shape index (κ3) is 5.08. The summed E-state index contributed by atoms with van der Waals surface area (Å²) in [7, 11) is 0. The van der Waals surface area contributed by atoms with Crippen molar-refractivity contribution >= 4 is 34.8 Å². The molecular formula is C20H30Cl2N4O. The van der Waals surface area contributed by atoms with E-state index >= 15 is 0 Å². The van der Waals surface area contributed by atoms with Gasteiger partial charge < -0.3 is 9.80 Å². The summed E-state index contributed by atoms with van der Waals surface area (Å²) < 4.78 is 0.